The van der Waals surface area contributed by atoms with Gasteiger partial charge in [-0.3, -0.25) is 0 Å². The maximum absolute atomic E-state index is 8.99. The zero-order valence-electron chi connectivity index (χ0n) is 5.26. The molecule has 0 saturated heterocycles. The van der Waals surface area contributed by atoms with Crippen LogP contribution in [0, 0.1) is 5.41 Å². The molecule has 8 heavy (non-hydrogen) atoms. The zero-order valence-corrected chi connectivity index (χ0v) is 5.26. The maximum atomic E-state index is 8.99. The van der Waals surface area contributed by atoms with Crippen molar-refractivity contribution >= 4 is 0 Å². The summed E-state index contributed by atoms with van der Waals surface area (Å²) in [6, 6.07) is 0. The van der Waals surface area contributed by atoms with E-state index in [1.165, 1.54) is 0 Å². The molecule has 2 heteroatoms. The summed E-state index contributed by atoms with van der Waals surface area (Å²) in [7, 11) is 0. The fraction of sp³-hybridized carbons (Fsp3) is 1.00. The molecule has 1 fully saturated rings. The van der Waals surface area contributed by atoms with Gasteiger partial charge in [-0.25, -0.2) is 0 Å². The molecule has 0 amide bonds. The van der Waals surface area contributed by atoms with Crippen LogP contribution >= 0.6 is 0 Å². The predicted octanol–water partition coefficient (Wildman–Crippen LogP) is 0.138. The molecule has 1 rings (SSSR count). The first-order chi connectivity index (χ1) is 3.54. The average molecular weight is 116 g/mol. The molecule has 48 valence electrons. The molecular weight excluding hydrogens is 104 g/mol. The number of hydrogen-bond donors (Lipinski definition) is 2. The molecule has 2 N–H and O–H groups in total. The molecule has 0 unspecified atom stereocenters. The Bertz CT molecular complexity index is 98.7. The van der Waals surface area contributed by atoms with Crippen molar-refractivity contribution in [2.24, 2.45) is 5.41 Å². The highest BCUT2D eigenvalue weighted by Gasteiger charge is 2.45. The summed E-state index contributed by atoms with van der Waals surface area (Å²) in [4.78, 5) is 0. The fourth-order valence-electron chi connectivity index (χ4n) is 1.13. The Balaban J connectivity index is 2.47. The third kappa shape index (κ3) is 0.644. The molecular formula is C6H12O2. The highest BCUT2D eigenvalue weighted by molar-refractivity contribution is 4.95. The van der Waals surface area contributed by atoms with Crippen molar-refractivity contribution in [3.8, 4) is 0 Å². The van der Waals surface area contributed by atoms with Gasteiger partial charge >= 0.3 is 0 Å². The van der Waals surface area contributed by atoms with Crippen LogP contribution in [0.5, 0.6) is 0 Å². The normalized spacial score (nSPS) is 43.5. The molecule has 0 heterocycles. The third-order valence-corrected chi connectivity index (χ3v) is 1.90. The van der Waals surface area contributed by atoms with Crippen molar-refractivity contribution in [1.29, 1.82) is 0 Å². The van der Waals surface area contributed by atoms with Crippen LogP contribution in [0.4, 0.5) is 0 Å². The summed E-state index contributed by atoms with van der Waals surface area (Å²) < 4.78 is 0. The average Bonchev–Trinajstić information content (AvgIpc) is 1.65. The summed E-state index contributed by atoms with van der Waals surface area (Å²) in [5.74, 6) is 0. The van der Waals surface area contributed by atoms with Gasteiger partial charge in [0.25, 0.3) is 0 Å². The molecule has 0 aliphatic heterocycles. The molecule has 1 saturated carbocycles. The van der Waals surface area contributed by atoms with Crippen LogP contribution in [0.15, 0.2) is 0 Å². The van der Waals surface area contributed by atoms with Gasteiger partial charge in [-0.15, -0.1) is 0 Å². The van der Waals surface area contributed by atoms with Gasteiger partial charge in [-0.1, -0.05) is 13.8 Å². The van der Waals surface area contributed by atoms with Crippen molar-refractivity contribution in [1.82, 2.24) is 0 Å². The molecule has 1 aliphatic rings. The van der Waals surface area contributed by atoms with Crippen LogP contribution in [0.25, 0.3) is 0 Å². The van der Waals surface area contributed by atoms with Gasteiger partial charge in [0.05, 0.1) is 12.2 Å². The van der Waals surface area contributed by atoms with E-state index in [4.69, 9.17) is 10.2 Å². The zero-order chi connectivity index (χ0) is 6.36. The van der Waals surface area contributed by atoms with Crippen molar-refractivity contribution in [2.45, 2.75) is 32.5 Å². The van der Waals surface area contributed by atoms with Crippen LogP contribution in [0.2, 0.25) is 0 Å². The lowest BCUT2D eigenvalue weighted by Crippen LogP contribution is -2.52. The molecule has 0 spiro atoms. The minimum Gasteiger partial charge on any atom is -0.390 e. The van der Waals surface area contributed by atoms with E-state index in [0.29, 0.717) is 0 Å². The highest BCUT2D eigenvalue weighted by Crippen LogP contribution is 2.39. The minimum atomic E-state index is -0.498. The first-order valence-corrected chi connectivity index (χ1v) is 2.90. The second-order valence-corrected chi connectivity index (χ2v) is 3.20. The van der Waals surface area contributed by atoms with Gasteiger partial charge in [0.2, 0.25) is 0 Å². The minimum absolute atomic E-state index is 0.0422. The number of aliphatic hydroxyl groups is 2. The Kier molecular flexibility index (Phi) is 1.10. The van der Waals surface area contributed by atoms with E-state index in [9.17, 15) is 0 Å². The summed E-state index contributed by atoms with van der Waals surface area (Å²) >= 11 is 0. The summed E-state index contributed by atoms with van der Waals surface area (Å²) in [5.41, 5.74) is -0.0422. The Morgan fingerprint density at radius 2 is 1.88 bits per heavy atom. The Labute approximate surface area is 49.1 Å². The quantitative estimate of drug-likeness (QED) is 0.472. The van der Waals surface area contributed by atoms with E-state index in [1.807, 2.05) is 13.8 Å². The van der Waals surface area contributed by atoms with Crippen LogP contribution in [0.1, 0.15) is 20.3 Å². The van der Waals surface area contributed by atoms with Crippen LogP contribution < -0.4 is 0 Å². The largest absolute Gasteiger partial charge is 0.390 e. The number of hydrogen-bond acceptors (Lipinski definition) is 2. The van der Waals surface area contributed by atoms with Gasteiger partial charge in [-0.05, 0) is 11.8 Å². The first kappa shape index (κ1) is 6.05. The van der Waals surface area contributed by atoms with Crippen LogP contribution in [0.3, 0.4) is 0 Å². The van der Waals surface area contributed by atoms with E-state index in [0.717, 1.165) is 6.42 Å². The van der Waals surface area contributed by atoms with Crippen molar-refractivity contribution in [3.05, 3.63) is 0 Å². The first-order valence-electron chi connectivity index (χ1n) is 2.90. The molecule has 0 aromatic carbocycles. The maximum Gasteiger partial charge on any atom is 0.0851 e. The van der Waals surface area contributed by atoms with Gasteiger partial charge in [0.1, 0.15) is 0 Å². The molecule has 2 atom stereocenters. The molecule has 0 aromatic heterocycles. The van der Waals surface area contributed by atoms with E-state index in [-0.39, 0.29) is 5.41 Å². The summed E-state index contributed by atoms with van der Waals surface area (Å²) in [6.07, 6.45) is -0.235. The van der Waals surface area contributed by atoms with E-state index in [2.05, 4.69) is 0 Å². The van der Waals surface area contributed by atoms with Gasteiger partial charge < -0.3 is 10.2 Å². The number of rotatable bonds is 0. The lowest BCUT2D eigenvalue weighted by atomic mass is 9.67. The molecule has 1 aliphatic carbocycles. The third-order valence-electron chi connectivity index (χ3n) is 1.90. The second kappa shape index (κ2) is 1.45. The molecule has 0 radical (unpaired) electrons. The van der Waals surface area contributed by atoms with Crippen molar-refractivity contribution in [2.75, 3.05) is 0 Å². The van der Waals surface area contributed by atoms with Crippen LogP contribution in [-0.4, -0.2) is 22.4 Å². The molecule has 0 bridgehead atoms. The Hall–Kier alpha value is -0.0800. The Morgan fingerprint density at radius 3 is 1.88 bits per heavy atom. The van der Waals surface area contributed by atoms with Gasteiger partial charge in [0, 0.05) is 0 Å². The van der Waals surface area contributed by atoms with Gasteiger partial charge in [-0.2, -0.15) is 0 Å². The van der Waals surface area contributed by atoms with Crippen LogP contribution in [-0.2, 0) is 0 Å². The lowest BCUT2D eigenvalue weighted by molar-refractivity contribution is -0.146. The SMILES string of the molecule is CC1(C)C[C@@H](O)[C@H]1O. The van der Waals surface area contributed by atoms with E-state index < -0.39 is 12.2 Å². The summed E-state index contributed by atoms with van der Waals surface area (Å²) in [5, 5.41) is 17.8. The standard InChI is InChI=1S/C6H12O2/c1-6(2)3-4(7)5(6)8/h4-5,7-8H,3H2,1-2H3/t4-,5-/m1/s1. The van der Waals surface area contributed by atoms with Gasteiger partial charge in [0.15, 0.2) is 0 Å². The van der Waals surface area contributed by atoms with E-state index >= 15 is 0 Å². The lowest BCUT2D eigenvalue weighted by Gasteiger charge is -2.45. The smallest absolute Gasteiger partial charge is 0.0851 e. The topological polar surface area (TPSA) is 40.5 Å². The monoisotopic (exact) mass is 116 g/mol. The highest BCUT2D eigenvalue weighted by atomic mass is 16.3. The van der Waals surface area contributed by atoms with E-state index in [1.54, 1.807) is 0 Å². The molecule has 2 nitrogen and oxygen atoms in total. The molecule has 0 aromatic rings. The van der Waals surface area contributed by atoms with Crippen molar-refractivity contribution in [3.63, 3.8) is 0 Å². The number of aliphatic hydroxyl groups excluding tert-OH is 2. The predicted molar refractivity (Wildman–Crippen MR) is 30.4 cm³/mol. The Morgan fingerprint density at radius 1 is 1.38 bits per heavy atom. The second-order valence-electron chi connectivity index (χ2n) is 3.20. The van der Waals surface area contributed by atoms with Crippen molar-refractivity contribution < 1.29 is 10.2 Å². The summed E-state index contributed by atoms with van der Waals surface area (Å²) in [6.45, 7) is 3.90. The fourth-order valence-corrected chi connectivity index (χ4v) is 1.13.